The number of hydrogen-bond donors (Lipinski definition) is 0. The van der Waals surface area contributed by atoms with Gasteiger partial charge in [-0.05, 0) is 31.0 Å². The second-order valence-electron chi connectivity index (χ2n) is 6.45. The molecule has 1 fully saturated rings. The Kier molecular flexibility index (Phi) is 6.48. The zero-order valence-corrected chi connectivity index (χ0v) is 15.8. The lowest BCUT2D eigenvalue weighted by Gasteiger charge is -2.34. The van der Waals surface area contributed by atoms with Gasteiger partial charge < -0.3 is 14.4 Å². The van der Waals surface area contributed by atoms with Crippen LogP contribution in [-0.4, -0.2) is 64.6 Å². The monoisotopic (exact) mass is 356 g/mol. The largest absolute Gasteiger partial charge is 0.497 e. The van der Waals surface area contributed by atoms with E-state index in [4.69, 9.17) is 9.47 Å². The van der Waals surface area contributed by atoms with Gasteiger partial charge in [-0.2, -0.15) is 4.31 Å². The predicted molar refractivity (Wildman–Crippen MR) is 94.2 cm³/mol. The minimum atomic E-state index is -3.56. The third kappa shape index (κ3) is 4.40. The number of benzene rings is 1. The molecule has 6 nitrogen and oxygen atoms in total. The number of rotatable bonds is 7. The van der Waals surface area contributed by atoms with Crippen molar-refractivity contribution in [1.29, 1.82) is 0 Å². The fraction of sp³-hybridized carbons (Fsp3) is 0.647. The summed E-state index contributed by atoms with van der Waals surface area (Å²) in [5.41, 5.74) is 0. The molecule has 1 saturated heterocycles. The molecule has 7 heteroatoms. The predicted octanol–water partition coefficient (Wildman–Crippen LogP) is 2.06. The summed E-state index contributed by atoms with van der Waals surface area (Å²) in [4.78, 5) is 2.53. The molecule has 1 aliphatic heterocycles. The fourth-order valence-electron chi connectivity index (χ4n) is 2.76. The first-order valence-electron chi connectivity index (χ1n) is 8.33. The van der Waals surface area contributed by atoms with Crippen molar-refractivity contribution in [3.8, 4) is 11.5 Å². The summed E-state index contributed by atoms with van der Waals surface area (Å²) in [5.74, 6) is 1.55. The first kappa shape index (κ1) is 19.0. The highest BCUT2D eigenvalue weighted by molar-refractivity contribution is 7.89. The van der Waals surface area contributed by atoms with E-state index in [0.717, 1.165) is 26.1 Å². The van der Waals surface area contributed by atoms with E-state index in [0.29, 0.717) is 30.5 Å². The Balaban J connectivity index is 2.09. The van der Waals surface area contributed by atoms with Crippen molar-refractivity contribution in [3.63, 3.8) is 0 Å². The Hall–Kier alpha value is -1.31. The molecule has 1 heterocycles. The molecule has 0 radical (unpaired) electrons. The number of hydrogen-bond acceptors (Lipinski definition) is 5. The second-order valence-corrected chi connectivity index (χ2v) is 8.35. The number of sulfonamides is 1. The van der Waals surface area contributed by atoms with Crippen molar-refractivity contribution < 1.29 is 17.9 Å². The van der Waals surface area contributed by atoms with Gasteiger partial charge >= 0.3 is 0 Å². The standard InChI is InChI=1S/C17H28N2O4S/c1-14(2)7-8-18-9-11-19(12-10-18)24(20,21)17-6-5-15(22-3)13-16(17)23-4/h5-6,13-14H,7-12H2,1-4H3. The van der Waals surface area contributed by atoms with Gasteiger partial charge in [0.15, 0.2) is 0 Å². The van der Waals surface area contributed by atoms with Crippen molar-refractivity contribution in [1.82, 2.24) is 9.21 Å². The minimum absolute atomic E-state index is 0.196. The molecule has 2 rings (SSSR count). The van der Waals surface area contributed by atoms with Gasteiger partial charge in [-0.1, -0.05) is 13.8 Å². The summed E-state index contributed by atoms with van der Waals surface area (Å²) < 4.78 is 37.8. The number of methoxy groups -OCH3 is 2. The van der Waals surface area contributed by atoms with Gasteiger partial charge in [-0.25, -0.2) is 8.42 Å². The lowest BCUT2D eigenvalue weighted by Crippen LogP contribution is -2.48. The lowest BCUT2D eigenvalue weighted by atomic mass is 10.1. The third-order valence-corrected chi connectivity index (χ3v) is 6.28. The van der Waals surface area contributed by atoms with E-state index in [-0.39, 0.29) is 4.90 Å². The molecule has 0 amide bonds. The van der Waals surface area contributed by atoms with Gasteiger partial charge in [-0.3, -0.25) is 0 Å². The Morgan fingerprint density at radius 2 is 1.75 bits per heavy atom. The Labute approximate surface area is 145 Å². The highest BCUT2D eigenvalue weighted by Gasteiger charge is 2.30. The highest BCUT2D eigenvalue weighted by atomic mass is 32.2. The molecule has 136 valence electrons. The second kappa shape index (κ2) is 8.18. The van der Waals surface area contributed by atoms with Crippen LogP contribution in [-0.2, 0) is 10.0 Å². The Morgan fingerprint density at radius 3 is 2.29 bits per heavy atom. The maximum Gasteiger partial charge on any atom is 0.246 e. The third-order valence-electron chi connectivity index (χ3n) is 4.34. The van der Waals surface area contributed by atoms with Crippen LogP contribution >= 0.6 is 0 Å². The van der Waals surface area contributed by atoms with E-state index in [9.17, 15) is 8.42 Å². The Bertz CT molecular complexity index is 638. The van der Waals surface area contributed by atoms with Crippen LogP contribution in [0.15, 0.2) is 23.1 Å². The fourth-order valence-corrected chi connectivity index (χ4v) is 4.32. The van der Waals surface area contributed by atoms with Gasteiger partial charge in [0.2, 0.25) is 10.0 Å². The molecule has 1 aliphatic rings. The zero-order chi connectivity index (χ0) is 17.7. The molecule has 0 saturated carbocycles. The van der Waals surface area contributed by atoms with Crippen LogP contribution in [0, 0.1) is 5.92 Å². The van der Waals surface area contributed by atoms with E-state index >= 15 is 0 Å². The summed E-state index contributed by atoms with van der Waals surface area (Å²) in [7, 11) is -0.547. The molecule has 0 N–H and O–H groups in total. The number of piperazine rings is 1. The number of ether oxygens (including phenoxy) is 2. The van der Waals surface area contributed by atoms with Crippen LogP contribution in [0.2, 0.25) is 0 Å². The number of nitrogens with zero attached hydrogens (tertiary/aromatic N) is 2. The lowest BCUT2D eigenvalue weighted by molar-refractivity contribution is 0.180. The average molecular weight is 356 g/mol. The summed E-state index contributed by atoms with van der Waals surface area (Å²) in [6, 6.07) is 4.80. The summed E-state index contributed by atoms with van der Waals surface area (Å²) in [6.07, 6.45) is 1.14. The van der Waals surface area contributed by atoms with Crippen molar-refractivity contribution in [2.45, 2.75) is 25.2 Å². The van der Waals surface area contributed by atoms with Crippen molar-refractivity contribution in [2.24, 2.45) is 5.92 Å². The topological polar surface area (TPSA) is 59.1 Å². The van der Waals surface area contributed by atoms with Crippen molar-refractivity contribution >= 4 is 10.0 Å². The van der Waals surface area contributed by atoms with E-state index in [1.54, 1.807) is 29.6 Å². The Morgan fingerprint density at radius 1 is 1.08 bits per heavy atom. The van der Waals surface area contributed by atoms with Crippen LogP contribution in [0.4, 0.5) is 0 Å². The van der Waals surface area contributed by atoms with Gasteiger partial charge in [0.25, 0.3) is 0 Å². The molecule has 0 aliphatic carbocycles. The van der Waals surface area contributed by atoms with Crippen LogP contribution in [0.5, 0.6) is 11.5 Å². The molecule has 0 spiro atoms. The van der Waals surface area contributed by atoms with Crippen LogP contribution in [0.25, 0.3) is 0 Å². The SMILES string of the molecule is COc1ccc(S(=O)(=O)N2CCN(CCC(C)C)CC2)c(OC)c1. The summed E-state index contributed by atoms with van der Waals surface area (Å²) in [6.45, 7) is 7.99. The molecular weight excluding hydrogens is 328 g/mol. The normalized spacial score (nSPS) is 17.2. The van der Waals surface area contributed by atoms with Gasteiger partial charge in [0.05, 0.1) is 14.2 Å². The minimum Gasteiger partial charge on any atom is -0.497 e. The molecule has 1 aromatic rings. The maximum atomic E-state index is 12.9. The maximum absolute atomic E-state index is 12.9. The van der Waals surface area contributed by atoms with Gasteiger partial charge in [0.1, 0.15) is 16.4 Å². The zero-order valence-electron chi connectivity index (χ0n) is 15.0. The first-order valence-corrected chi connectivity index (χ1v) is 9.77. The molecule has 24 heavy (non-hydrogen) atoms. The van der Waals surface area contributed by atoms with E-state index < -0.39 is 10.0 Å². The average Bonchev–Trinajstić information content (AvgIpc) is 2.59. The molecule has 1 aromatic carbocycles. The van der Waals surface area contributed by atoms with Gasteiger partial charge in [-0.15, -0.1) is 0 Å². The summed E-state index contributed by atoms with van der Waals surface area (Å²) >= 11 is 0. The first-order chi connectivity index (χ1) is 11.4. The molecule has 0 aromatic heterocycles. The van der Waals surface area contributed by atoms with Crippen LogP contribution in [0.1, 0.15) is 20.3 Å². The van der Waals surface area contributed by atoms with Crippen LogP contribution < -0.4 is 9.47 Å². The van der Waals surface area contributed by atoms with E-state index in [1.165, 1.54) is 7.11 Å². The van der Waals surface area contributed by atoms with E-state index in [1.807, 2.05) is 0 Å². The molecular formula is C17H28N2O4S. The molecule has 0 bridgehead atoms. The van der Waals surface area contributed by atoms with Crippen molar-refractivity contribution in [2.75, 3.05) is 46.9 Å². The van der Waals surface area contributed by atoms with Gasteiger partial charge in [0, 0.05) is 32.2 Å². The summed E-state index contributed by atoms with van der Waals surface area (Å²) in [5, 5.41) is 0. The van der Waals surface area contributed by atoms with E-state index in [2.05, 4.69) is 18.7 Å². The van der Waals surface area contributed by atoms with Crippen molar-refractivity contribution in [3.05, 3.63) is 18.2 Å². The molecule has 0 unspecified atom stereocenters. The highest BCUT2D eigenvalue weighted by Crippen LogP contribution is 2.31. The molecule has 0 atom stereocenters. The smallest absolute Gasteiger partial charge is 0.246 e. The van der Waals surface area contributed by atoms with Crippen LogP contribution in [0.3, 0.4) is 0 Å². The quantitative estimate of drug-likeness (QED) is 0.748.